The Bertz CT molecular complexity index is 1080. The summed E-state index contributed by atoms with van der Waals surface area (Å²) in [6, 6.07) is 17.8. The third-order valence-corrected chi connectivity index (χ3v) is 4.30. The molecular formula is C20H20N6. The van der Waals surface area contributed by atoms with Crippen LogP contribution in [-0.2, 0) is 6.42 Å². The molecular weight excluding hydrogens is 324 g/mol. The lowest BCUT2D eigenvalue weighted by Crippen LogP contribution is -2.08. The van der Waals surface area contributed by atoms with Crippen LogP contribution in [0.3, 0.4) is 0 Å². The molecule has 0 saturated heterocycles. The first-order valence-corrected chi connectivity index (χ1v) is 8.59. The van der Waals surface area contributed by atoms with Crippen molar-refractivity contribution in [2.24, 2.45) is 0 Å². The normalized spacial score (nSPS) is 11.0. The number of nitrogens with zero attached hydrogens (tertiary/aromatic N) is 4. The van der Waals surface area contributed by atoms with Crippen LogP contribution in [0.25, 0.3) is 16.9 Å². The van der Waals surface area contributed by atoms with Crippen molar-refractivity contribution in [3.8, 4) is 5.82 Å². The van der Waals surface area contributed by atoms with Gasteiger partial charge in [-0.2, -0.15) is 9.97 Å². The fourth-order valence-corrected chi connectivity index (χ4v) is 3.03. The van der Waals surface area contributed by atoms with Crippen molar-refractivity contribution in [1.82, 2.24) is 19.5 Å². The molecule has 0 radical (unpaired) electrons. The number of aryl methyl sites for hydroxylation is 2. The van der Waals surface area contributed by atoms with E-state index in [-0.39, 0.29) is 0 Å². The summed E-state index contributed by atoms with van der Waals surface area (Å²) in [6.45, 7) is 4.11. The van der Waals surface area contributed by atoms with Crippen molar-refractivity contribution in [3.05, 3.63) is 66.0 Å². The van der Waals surface area contributed by atoms with E-state index in [0.717, 1.165) is 34.5 Å². The lowest BCUT2D eigenvalue weighted by molar-refractivity contribution is 0.881. The molecule has 4 aromatic rings. The quantitative estimate of drug-likeness (QED) is 0.584. The number of hydrogen-bond acceptors (Lipinski definition) is 5. The molecule has 0 unspecified atom stereocenters. The maximum atomic E-state index is 6.07. The van der Waals surface area contributed by atoms with Crippen molar-refractivity contribution >= 4 is 28.5 Å². The molecule has 26 heavy (non-hydrogen) atoms. The van der Waals surface area contributed by atoms with E-state index >= 15 is 0 Å². The lowest BCUT2D eigenvalue weighted by atomic mass is 10.2. The van der Waals surface area contributed by atoms with Crippen LogP contribution in [0.2, 0.25) is 0 Å². The van der Waals surface area contributed by atoms with Crippen LogP contribution in [0.5, 0.6) is 0 Å². The second-order valence-corrected chi connectivity index (χ2v) is 6.12. The van der Waals surface area contributed by atoms with Crippen LogP contribution in [0.15, 0.2) is 54.6 Å². The number of para-hydroxylation sites is 3. The summed E-state index contributed by atoms with van der Waals surface area (Å²) in [5.74, 6) is 2.52. The molecule has 0 aliphatic heterocycles. The zero-order valence-electron chi connectivity index (χ0n) is 14.8. The van der Waals surface area contributed by atoms with Gasteiger partial charge in [0.2, 0.25) is 5.95 Å². The molecule has 6 nitrogen and oxygen atoms in total. The molecule has 0 atom stereocenters. The van der Waals surface area contributed by atoms with E-state index in [9.17, 15) is 0 Å². The van der Waals surface area contributed by atoms with Crippen LogP contribution in [0.1, 0.15) is 18.3 Å². The summed E-state index contributed by atoms with van der Waals surface area (Å²) in [6.07, 6.45) is 0.791. The van der Waals surface area contributed by atoms with Crippen molar-refractivity contribution in [3.63, 3.8) is 0 Å². The van der Waals surface area contributed by atoms with Crippen molar-refractivity contribution in [2.45, 2.75) is 20.3 Å². The Labute approximate surface area is 151 Å². The highest BCUT2D eigenvalue weighted by atomic mass is 15.2. The number of nitrogens with one attached hydrogen (secondary N) is 1. The Hall–Kier alpha value is -3.41. The minimum Gasteiger partial charge on any atom is -0.383 e. The van der Waals surface area contributed by atoms with E-state index in [1.54, 1.807) is 6.07 Å². The summed E-state index contributed by atoms with van der Waals surface area (Å²) in [4.78, 5) is 13.7. The van der Waals surface area contributed by atoms with E-state index in [1.807, 2.05) is 60.0 Å². The van der Waals surface area contributed by atoms with Gasteiger partial charge in [0.25, 0.3) is 0 Å². The van der Waals surface area contributed by atoms with Gasteiger partial charge >= 0.3 is 0 Å². The number of rotatable bonds is 4. The molecule has 130 valence electrons. The monoisotopic (exact) mass is 344 g/mol. The fraction of sp³-hybridized carbons (Fsp3) is 0.150. The van der Waals surface area contributed by atoms with Gasteiger partial charge in [-0.1, -0.05) is 37.3 Å². The molecule has 0 amide bonds. The summed E-state index contributed by atoms with van der Waals surface area (Å²) in [5.41, 5.74) is 10.1. The van der Waals surface area contributed by atoms with Gasteiger partial charge in [0.05, 0.1) is 11.0 Å². The minimum absolute atomic E-state index is 0.408. The minimum atomic E-state index is 0.408. The molecule has 2 heterocycles. The first-order valence-electron chi connectivity index (χ1n) is 8.59. The van der Waals surface area contributed by atoms with Gasteiger partial charge in [0.15, 0.2) is 0 Å². The highest BCUT2D eigenvalue weighted by Gasteiger charge is 2.14. The number of nitrogens with two attached hydrogens (primary N) is 1. The zero-order chi connectivity index (χ0) is 18.1. The Kier molecular flexibility index (Phi) is 4.01. The van der Waals surface area contributed by atoms with Crippen LogP contribution in [-0.4, -0.2) is 19.5 Å². The first-order chi connectivity index (χ1) is 12.7. The molecule has 0 saturated carbocycles. The molecule has 0 aliphatic carbocycles. The Balaban J connectivity index is 1.84. The van der Waals surface area contributed by atoms with Crippen LogP contribution >= 0.6 is 0 Å². The molecule has 0 fully saturated rings. The number of imidazole rings is 1. The Morgan fingerprint density at radius 1 is 1.00 bits per heavy atom. The molecule has 3 N–H and O–H groups in total. The maximum absolute atomic E-state index is 6.07. The predicted molar refractivity (Wildman–Crippen MR) is 105 cm³/mol. The van der Waals surface area contributed by atoms with E-state index in [0.29, 0.717) is 17.6 Å². The molecule has 2 aromatic carbocycles. The summed E-state index contributed by atoms with van der Waals surface area (Å²) in [7, 11) is 0. The average Bonchev–Trinajstić information content (AvgIpc) is 3.02. The standard InChI is InChI=1S/C20H20N6/c1-3-18-22-15-10-6-7-11-16(15)26(18)19-12-17(21)24-20(25-19)23-14-9-5-4-8-13(14)2/h4-12H,3H2,1-2H3,(H3,21,23,24,25). The predicted octanol–water partition coefficient (Wildman–Crippen LogP) is 4.01. The topological polar surface area (TPSA) is 81.7 Å². The third-order valence-electron chi connectivity index (χ3n) is 4.30. The average molecular weight is 344 g/mol. The SMILES string of the molecule is CCc1nc2ccccc2n1-c1cc(N)nc(Nc2ccccc2C)n1. The molecule has 6 heteroatoms. The van der Waals surface area contributed by atoms with Crippen molar-refractivity contribution < 1.29 is 0 Å². The molecule has 4 rings (SSSR count). The van der Waals surface area contributed by atoms with E-state index < -0.39 is 0 Å². The van der Waals surface area contributed by atoms with Gasteiger partial charge in [-0.3, -0.25) is 4.57 Å². The van der Waals surface area contributed by atoms with E-state index in [1.165, 1.54) is 0 Å². The summed E-state index contributed by atoms with van der Waals surface area (Å²) < 4.78 is 2.04. The number of hydrogen-bond donors (Lipinski definition) is 2. The number of aromatic nitrogens is 4. The van der Waals surface area contributed by atoms with Gasteiger partial charge in [0, 0.05) is 18.2 Å². The van der Waals surface area contributed by atoms with Gasteiger partial charge in [-0.05, 0) is 30.7 Å². The van der Waals surface area contributed by atoms with Gasteiger partial charge in [0.1, 0.15) is 17.5 Å². The fourth-order valence-electron chi connectivity index (χ4n) is 3.03. The number of benzene rings is 2. The van der Waals surface area contributed by atoms with E-state index in [2.05, 4.69) is 17.2 Å². The number of anilines is 3. The second-order valence-electron chi connectivity index (χ2n) is 6.12. The first kappa shape index (κ1) is 16.1. The van der Waals surface area contributed by atoms with Crippen LogP contribution < -0.4 is 11.1 Å². The van der Waals surface area contributed by atoms with Crippen molar-refractivity contribution in [2.75, 3.05) is 11.1 Å². The smallest absolute Gasteiger partial charge is 0.231 e. The lowest BCUT2D eigenvalue weighted by Gasteiger charge is -2.12. The molecule has 0 aliphatic rings. The van der Waals surface area contributed by atoms with E-state index in [4.69, 9.17) is 15.7 Å². The highest BCUT2D eigenvalue weighted by molar-refractivity contribution is 5.78. The molecule has 0 bridgehead atoms. The van der Waals surface area contributed by atoms with Gasteiger partial charge < -0.3 is 11.1 Å². The largest absolute Gasteiger partial charge is 0.383 e. The molecule has 2 aromatic heterocycles. The number of nitrogen functional groups attached to an aromatic ring is 1. The maximum Gasteiger partial charge on any atom is 0.231 e. The van der Waals surface area contributed by atoms with Crippen LogP contribution in [0.4, 0.5) is 17.5 Å². The highest BCUT2D eigenvalue weighted by Crippen LogP contribution is 2.24. The Morgan fingerprint density at radius 2 is 1.77 bits per heavy atom. The second kappa shape index (κ2) is 6.48. The summed E-state index contributed by atoms with van der Waals surface area (Å²) in [5, 5.41) is 3.26. The Morgan fingerprint density at radius 3 is 2.58 bits per heavy atom. The van der Waals surface area contributed by atoms with Crippen molar-refractivity contribution in [1.29, 1.82) is 0 Å². The molecule has 0 spiro atoms. The summed E-state index contributed by atoms with van der Waals surface area (Å²) >= 11 is 0. The number of fused-ring (bicyclic) bond motifs is 1. The van der Waals surface area contributed by atoms with Crippen LogP contribution in [0, 0.1) is 6.92 Å². The van der Waals surface area contributed by atoms with Gasteiger partial charge in [-0.15, -0.1) is 0 Å². The van der Waals surface area contributed by atoms with Gasteiger partial charge in [-0.25, -0.2) is 4.98 Å². The third kappa shape index (κ3) is 2.86. The zero-order valence-corrected chi connectivity index (χ0v) is 14.8.